The summed E-state index contributed by atoms with van der Waals surface area (Å²) in [4.78, 5) is 12.5. The van der Waals surface area contributed by atoms with Crippen molar-refractivity contribution in [3.8, 4) is 17.4 Å². The molecule has 114 valence electrons. The predicted molar refractivity (Wildman–Crippen MR) is 77.8 cm³/mol. The van der Waals surface area contributed by atoms with Gasteiger partial charge in [-0.05, 0) is 19.8 Å². The molecule has 2 unspecified atom stereocenters. The molecule has 0 aromatic carbocycles. The Bertz CT molecular complexity index is 570. The Labute approximate surface area is 123 Å². The second-order valence-electron chi connectivity index (χ2n) is 5.21. The third-order valence-electron chi connectivity index (χ3n) is 3.24. The number of nitrogens with two attached hydrogens (primary N) is 1. The molecule has 0 spiro atoms. The third-order valence-corrected chi connectivity index (χ3v) is 3.24. The Morgan fingerprint density at radius 3 is 2.81 bits per heavy atom. The number of methoxy groups -OCH3 is 1. The fraction of sp³-hybridized carbons (Fsp3) is 0.571. The first kappa shape index (κ1) is 15.4. The summed E-state index contributed by atoms with van der Waals surface area (Å²) in [6, 6.07) is 1.90. The minimum Gasteiger partial charge on any atom is -0.481 e. The molecule has 21 heavy (non-hydrogen) atoms. The summed E-state index contributed by atoms with van der Waals surface area (Å²) in [6.07, 6.45) is 4.42. The maximum absolute atomic E-state index is 5.75. The van der Waals surface area contributed by atoms with Crippen LogP contribution in [0, 0.1) is 0 Å². The molecule has 0 aliphatic heterocycles. The van der Waals surface area contributed by atoms with E-state index in [4.69, 9.17) is 15.0 Å². The van der Waals surface area contributed by atoms with E-state index in [0.717, 1.165) is 19.3 Å². The van der Waals surface area contributed by atoms with Crippen LogP contribution in [0.25, 0.3) is 11.5 Å². The molecule has 2 aromatic rings. The number of nitrogens with zero attached hydrogens (tertiary/aromatic N) is 4. The quantitative estimate of drug-likeness (QED) is 0.834. The number of rotatable bonds is 7. The molecule has 2 aromatic heterocycles. The lowest BCUT2D eigenvalue weighted by molar-refractivity contribution is 0.349. The zero-order valence-electron chi connectivity index (χ0n) is 12.6. The molecule has 0 aliphatic rings. The Kier molecular flexibility index (Phi) is 5.21. The second-order valence-corrected chi connectivity index (χ2v) is 5.21. The summed E-state index contributed by atoms with van der Waals surface area (Å²) in [5.74, 6) is 1.74. The molecule has 0 fully saturated rings. The van der Waals surface area contributed by atoms with Crippen molar-refractivity contribution in [3.05, 3.63) is 18.3 Å². The minimum absolute atomic E-state index is 0.203. The second kappa shape index (κ2) is 7.12. The van der Waals surface area contributed by atoms with Crippen LogP contribution in [0.5, 0.6) is 5.88 Å². The standard InChI is InChI=1S/C14H21N5O2/c1-9(5-4-6-10(2)15)14-18-13(19-21-14)11-7-12(20-3)17-8-16-11/h7-10H,4-6,15H2,1-3H3. The SMILES string of the molecule is COc1cc(-c2noc(C(C)CCCC(C)N)n2)ncn1. The van der Waals surface area contributed by atoms with E-state index in [1.54, 1.807) is 13.2 Å². The topological polar surface area (TPSA) is 100.0 Å². The summed E-state index contributed by atoms with van der Waals surface area (Å²) >= 11 is 0. The van der Waals surface area contributed by atoms with Gasteiger partial charge in [-0.1, -0.05) is 18.5 Å². The molecule has 2 atom stereocenters. The Balaban J connectivity index is 2.03. The molecular weight excluding hydrogens is 270 g/mol. The van der Waals surface area contributed by atoms with Gasteiger partial charge >= 0.3 is 0 Å². The lowest BCUT2D eigenvalue weighted by atomic mass is 10.0. The normalized spacial score (nSPS) is 13.9. The van der Waals surface area contributed by atoms with E-state index in [1.807, 2.05) is 6.92 Å². The number of hydrogen-bond donors (Lipinski definition) is 1. The maximum atomic E-state index is 5.75. The van der Waals surface area contributed by atoms with E-state index in [9.17, 15) is 0 Å². The lowest BCUT2D eigenvalue weighted by Gasteiger charge is -2.07. The summed E-state index contributed by atoms with van der Waals surface area (Å²) in [6.45, 7) is 4.08. The van der Waals surface area contributed by atoms with Crippen LogP contribution in [0.3, 0.4) is 0 Å². The highest BCUT2D eigenvalue weighted by molar-refractivity contribution is 5.49. The van der Waals surface area contributed by atoms with Gasteiger partial charge in [0.25, 0.3) is 0 Å². The van der Waals surface area contributed by atoms with Crippen LogP contribution in [0.15, 0.2) is 16.9 Å². The largest absolute Gasteiger partial charge is 0.481 e. The van der Waals surface area contributed by atoms with Crippen molar-refractivity contribution < 1.29 is 9.26 Å². The monoisotopic (exact) mass is 291 g/mol. The van der Waals surface area contributed by atoms with Crippen LogP contribution < -0.4 is 10.5 Å². The number of aromatic nitrogens is 4. The van der Waals surface area contributed by atoms with E-state index < -0.39 is 0 Å². The zero-order chi connectivity index (χ0) is 15.2. The highest BCUT2D eigenvalue weighted by Gasteiger charge is 2.16. The van der Waals surface area contributed by atoms with Crippen LogP contribution in [0.1, 0.15) is 44.9 Å². The van der Waals surface area contributed by atoms with Crippen molar-refractivity contribution in [1.29, 1.82) is 0 Å². The van der Waals surface area contributed by atoms with Gasteiger partial charge in [-0.2, -0.15) is 4.98 Å². The van der Waals surface area contributed by atoms with Crippen molar-refractivity contribution in [2.45, 2.75) is 45.1 Å². The van der Waals surface area contributed by atoms with Crippen LogP contribution in [-0.2, 0) is 0 Å². The summed E-state index contributed by atoms with van der Waals surface area (Å²) < 4.78 is 10.4. The van der Waals surface area contributed by atoms with Crippen LogP contribution >= 0.6 is 0 Å². The fourth-order valence-corrected chi connectivity index (χ4v) is 1.98. The van der Waals surface area contributed by atoms with Crippen molar-refractivity contribution in [3.63, 3.8) is 0 Å². The van der Waals surface area contributed by atoms with Crippen molar-refractivity contribution in [2.75, 3.05) is 7.11 Å². The predicted octanol–water partition coefficient (Wildman–Crippen LogP) is 2.16. The van der Waals surface area contributed by atoms with E-state index >= 15 is 0 Å². The third kappa shape index (κ3) is 4.22. The molecule has 2 N–H and O–H groups in total. The van der Waals surface area contributed by atoms with Gasteiger partial charge in [0.1, 0.15) is 12.0 Å². The molecule has 0 saturated heterocycles. The van der Waals surface area contributed by atoms with Crippen LogP contribution in [-0.4, -0.2) is 33.3 Å². The number of hydrogen-bond acceptors (Lipinski definition) is 7. The van der Waals surface area contributed by atoms with Gasteiger partial charge in [0, 0.05) is 18.0 Å². The molecule has 7 heteroatoms. The molecule has 0 bridgehead atoms. The van der Waals surface area contributed by atoms with E-state index in [0.29, 0.717) is 23.3 Å². The van der Waals surface area contributed by atoms with E-state index in [-0.39, 0.29) is 12.0 Å². The number of ether oxygens (including phenoxy) is 1. The van der Waals surface area contributed by atoms with Gasteiger partial charge in [-0.25, -0.2) is 9.97 Å². The van der Waals surface area contributed by atoms with Gasteiger partial charge in [-0.3, -0.25) is 0 Å². The molecule has 0 amide bonds. The van der Waals surface area contributed by atoms with Crippen molar-refractivity contribution in [1.82, 2.24) is 20.1 Å². The Morgan fingerprint density at radius 2 is 2.10 bits per heavy atom. The first-order valence-corrected chi connectivity index (χ1v) is 7.05. The Hall–Kier alpha value is -2.02. The summed E-state index contributed by atoms with van der Waals surface area (Å²) in [5, 5.41) is 3.97. The van der Waals surface area contributed by atoms with Crippen LogP contribution in [0.2, 0.25) is 0 Å². The highest BCUT2D eigenvalue weighted by Crippen LogP contribution is 2.23. The Morgan fingerprint density at radius 1 is 1.29 bits per heavy atom. The fourth-order valence-electron chi connectivity index (χ4n) is 1.98. The van der Waals surface area contributed by atoms with Crippen molar-refractivity contribution in [2.24, 2.45) is 5.73 Å². The first-order chi connectivity index (χ1) is 10.1. The van der Waals surface area contributed by atoms with Gasteiger partial charge in [-0.15, -0.1) is 0 Å². The molecular formula is C14H21N5O2. The summed E-state index contributed by atoms with van der Waals surface area (Å²) in [5.41, 5.74) is 6.33. The summed E-state index contributed by atoms with van der Waals surface area (Å²) in [7, 11) is 1.55. The molecule has 7 nitrogen and oxygen atoms in total. The van der Waals surface area contributed by atoms with Gasteiger partial charge in [0.15, 0.2) is 0 Å². The van der Waals surface area contributed by atoms with Gasteiger partial charge in [0.05, 0.1) is 7.11 Å². The molecule has 0 radical (unpaired) electrons. The molecule has 2 heterocycles. The average Bonchev–Trinajstić information content (AvgIpc) is 2.97. The van der Waals surface area contributed by atoms with Crippen molar-refractivity contribution >= 4 is 0 Å². The van der Waals surface area contributed by atoms with Gasteiger partial charge in [0.2, 0.25) is 17.6 Å². The smallest absolute Gasteiger partial charge is 0.229 e. The average molecular weight is 291 g/mol. The van der Waals surface area contributed by atoms with E-state index in [1.165, 1.54) is 6.33 Å². The van der Waals surface area contributed by atoms with Crippen LogP contribution in [0.4, 0.5) is 0 Å². The maximum Gasteiger partial charge on any atom is 0.229 e. The lowest BCUT2D eigenvalue weighted by Crippen LogP contribution is -2.14. The first-order valence-electron chi connectivity index (χ1n) is 7.05. The molecule has 0 aliphatic carbocycles. The highest BCUT2D eigenvalue weighted by atomic mass is 16.5. The minimum atomic E-state index is 0.203. The zero-order valence-corrected chi connectivity index (χ0v) is 12.6. The van der Waals surface area contributed by atoms with E-state index in [2.05, 4.69) is 27.0 Å². The molecule has 0 saturated carbocycles. The molecule has 2 rings (SSSR count). The van der Waals surface area contributed by atoms with Gasteiger partial charge < -0.3 is 15.0 Å².